The number of hydrogen-bond acceptors (Lipinski definition) is 7. The van der Waals surface area contributed by atoms with Crippen LogP contribution in [0.15, 0.2) is 82.1 Å². The van der Waals surface area contributed by atoms with Crippen molar-refractivity contribution < 1.29 is 18.1 Å². The van der Waals surface area contributed by atoms with Gasteiger partial charge >= 0.3 is 0 Å². The van der Waals surface area contributed by atoms with E-state index in [4.69, 9.17) is 0 Å². The molecule has 0 unspecified atom stereocenters. The van der Waals surface area contributed by atoms with Gasteiger partial charge in [0.2, 0.25) is 0 Å². The average molecular weight is 444 g/mol. The van der Waals surface area contributed by atoms with E-state index in [9.17, 15) is 23.3 Å². The topological polar surface area (TPSA) is 122 Å². The van der Waals surface area contributed by atoms with Gasteiger partial charge in [-0.1, -0.05) is 36.4 Å². The van der Waals surface area contributed by atoms with Gasteiger partial charge in [-0.3, -0.25) is 19.2 Å². The maximum atomic E-state index is 13.3. The molecule has 0 bridgehead atoms. The normalized spacial score (nSPS) is 11.3. The summed E-state index contributed by atoms with van der Waals surface area (Å²) in [6.45, 7) is -0.611. The maximum absolute atomic E-state index is 13.3. The van der Waals surface area contributed by atoms with E-state index in [1.807, 2.05) is 11.4 Å². The highest BCUT2D eigenvalue weighted by Gasteiger charge is 2.32. The van der Waals surface area contributed by atoms with Crippen LogP contribution in [0.3, 0.4) is 0 Å². The molecule has 0 saturated carbocycles. The third kappa shape index (κ3) is 4.88. The molecule has 154 valence electrons. The molecule has 3 aromatic rings. The number of hydrogen-bond donors (Lipinski definition) is 1. The lowest BCUT2D eigenvalue weighted by molar-refractivity contribution is -0.387. The fraction of sp³-hybridized carbons (Fsp3) is 0.0526. The highest BCUT2D eigenvalue weighted by Crippen LogP contribution is 2.29. The number of nitrogens with zero attached hydrogens (tertiary/aromatic N) is 3. The van der Waals surface area contributed by atoms with Crippen molar-refractivity contribution in [2.24, 2.45) is 5.10 Å². The van der Waals surface area contributed by atoms with E-state index in [1.165, 1.54) is 41.8 Å². The molecule has 0 aliphatic heterocycles. The lowest BCUT2D eigenvalue weighted by Crippen LogP contribution is -2.39. The molecule has 1 aromatic heterocycles. The predicted molar refractivity (Wildman–Crippen MR) is 114 cm³/mol. The molecule has 1 heterocycles. The second kappa shape index (κ2) is 9.29. The highest BCUT2D eigenvalue weighted by molar-refractivity contribution is 7.93. The standard InChI is InChI=1S/C19H16N4O5S2/c24-19(21-20-13-16-9-6-12-29-16)14-22(15-7-2-1-3-8-15)30(27,28)18-11-5-4-10-17(18)23(25)26/h1-13H,14H2,(H,21,24). The lowest BCUT2D eigenvalue weighted by atomic mass is 10.3. The van der Waals surface area contributed by atoms with Crippen molar-refractivity contribution in [3.8, 4) is 0 Å². The van der Waals surface area contributed by atoms with Crippen molar-refractivity contribution in [2.75, 3.05) is 10.8 Å². The Morgan fingerprint density at radius 3 is 2.47 bits per heavy atom. The number of carbonyl (C=O) groups is 1. The van der Waals surface area contributed by atoms with Gasteiger partial charge in [-0.2, -0.15) is 5.10 Å². The fourth-order valence-electron chi connectivity index (χ4n) is 2.55. The second-order valence-electron chi connectivity index (χ2n) is 5.88. The van der Waals surface area contributed by atoms with E-state index in [-0.39, 0.29) is 5.69 Å². The molecule has 1 N–H and O–H groups in total. The van der Waals surface area contributed by atoms with Crippen LogP contribution < -0.4 is 9.73 Å². The molecule has 3 rings (SSSR count). The van der Waals surface area contributed by atoms with Crippen LogP contribution in [-0.2, 0) is 14.8 Å². The van der Waals surface area contributed by atoms with Crippen LogP contribution in [0.1, 0.15) is 4.88 Å². The van der Waals surface area contributed by atoms with Crippen molar-refractivity contribution in [1.29, 1.82) is 0 Å². The van der Waals surface area contributed by atoms with Crippen molar-refractivity contribution in [1.82, 2.24) is 5.43 Å². The van der Waals surface area contributed by atoms with Crippen LogP contribution in [0.5, 0.6) is 0 Å². The molecule has 2 aromatic carbocycles. The van der Waals surface area contributed by atoms with E-state index < -0.39 is 38.0 Å². The molecular weight excluding hydrogens is 428 g/mol. The van der Waals surface area contributed by atoms with Gasteiger partial charge in [0.15, 0.2) is 4.90 Å². The van der Waals surface area contributed by atoms with Crippen molar-refractivity contribution in [3.05, 3.63) is 87.1 Å². The highest BCUT2D eigenvalue weighted by atomic mass is 32.2. The smallest absolute Gasteiger partial charge is 0.271 e. The summed E-state index contributed by atoms with van der Waals surface area (Å²) in [5.41, 5.74) is 1.89. The molecule has 0 spiro atoms. The number of para-hydroxylation sites is 2. The van der Waals surface area contributed by atoms with Crippen LogP contribution in [-0.4, -0.2) is 32.0 Å². The number of hydrazone groups is 1. The van der Waals surface area contributed by atoms with Gasteiger partial charge in [0.25, 0.3) is 21.6 Å². The Balaban J connectivity index is 1.92. The lowest BCUT2D eigenvalue weighted by Gasteiger charge is -2.23. The van der Waals surface area contributed by atoms with E-state index in [1.54, 1.807) is 24.3 Å². The number of nitrogens with one attached hydrogen (secondary N) is 1. The summed E-state index contributed by atoms with van der Waals surface area (Å²) in [5, 5.41) is 17.0. The zero-order valence-electron chi connectivity index (χ0n) is 15.4. The minimum Gasteiger partial charge on any atom is -0.271 e. The van der Waals surface area contributed by atoms with E-state index in [0.717, 1.165) is 21.3 Å². The Kier molecular flexibility index (Phi) is 6.54. The predicted octanol–water partition coefficient (Wildman–Crippen LogP) is 3.00. The maximum Gasteiger partial charge on any atom is 0.289 e. The molecule has 0 radical (unpaired) electrons. The third-order valence-electron chi connectivity index (χ3n) is 3.89. The first-order chi connectivity index (χ1) is 14.4. The molecular formula is C19H16N4O5S2. The Labute approximate surface area is 176 Å². The van der Waals surface area contributed by atoms with E-state index >= 15 is 0 Å². The van der Waals surface area contributed by atoms with Crippen LogP contribution >= 0.6 is 11.3 Å². The van der Waals surface area contributed by atoms with Gasteiger partial charge in [0, 0.05) is 10.9 Å². The number of nitro groups is 1. The van der Waals surface area contributed by atoms with Crippen LogP contribution in [0.4, 0.5) is 11.4 Å². The van der Waals surface area contributed by atoms with Crippen LogP contribution in [0.2, 0.25) is 0 Å². The largest absolute Gasteiger partial charge is 0.289 e. The Morgan fingerprint density at radius 2 is 1.80 bits per heavy atom. The van der Waals surface area contributed by atoms with Crippen LogP contribution in [0.25, 0.3) is 0 Å². The van der Waals surface area contributed by atoms with Crippen molar-refractivity contribution in [2.45, 2.75) is 4.90 Å². The summed E-state index contributed by atoms with van der Waals surface area (Å²) in [7, 11) is -4.41. The van der Waals surface area contributed by atoms with E-state index in [0.29, 0.717) is 0 Å². The number of nitro benzene ring substituents is 1. The summed E-state index contributed by atoms with van der Waals surface area (Å²) < 4.78 is 27.3. The van der Waals surface area contributed by atoms with Crippen molar-refractivity contribution in [3.63, 3.8) is 0 Å². The first-order valence-electron chi connectivity index (χ1n) is 8.56. The summed E-state index contributed by atoms with van der Waals surface area (Å²) >= 11 is 1.42. The molecule has 1 amide bonds. The number of carbonyl (C=O) groups excluding carboxylic acids is 1. The van der Waals surface area contributed by atoms with E-state index in [2.05, 4.69) is 10.5 Å². The number of benzene rings is 2. The van der Waals surface area contributed by atoms with Crippen molar-refractivity contribution >= 4 is 44.9 Å². The number of anilines is 1. The number of rotatable bonds is 8. The first kappa shape index (κ1) is 21.1. The summed E-state index contributed by atoms with van der Waals surface area (Å²) in [6.07, 6.45) is 1.44. The van der Waals surface area contributed by atoms with Gasteiger partial charge in [0.1, 0.15) is 6.54 Å². The first-order valence-corrected chi connectivity index (χ1v) is 10.9. The molecule has 0 saturated heterocycles. The SMILES string of the molecule is O=C(CN(c1ccccc1)S(=O)(=O)c1ccccc1[N+](=O)[O-])NN=Cc1cccs1. The summed E-state index contributed by atoms with van der Waals surface area (Å²) in [6, 6.07) is 16.5. The molecule has 0 aliphatic rings. The number of amides is 1. The number of sulfonamides is 1. The molecule has 0 atom stereocenters. The zero-order chi connectivity index (χ0) is 21.6. The fourth-order valence-corrected chi connectivity index (χ4v) is 4.72. The van der Waals surface area contributed by atoms with Gasteiger partial charge < -0.3 is 0 Å². The molecule has 0 fully saturated rings. The quantitative estimate of drug-likeness (QED) is 0.325. The molecule has 0 aliphatic carbocycles. The molecule has 11 heteroatoms. The van der Waals surface area contributed by atoms with Gasteiger partial charge in [-0.25, -0.2) is 13.8 Å². The molecule has 9 nitrogen and oxygen atoms in total. The van der Waals surface area contributed by atoms with Crippen LogP contribution in [0, 0.1) is 10.1 Å². The Hall–Kier alpha value is -3.57. The Bertz CT molecular complexity index is 1160. The minimum absolute atomic E-state index is 0.188. The van der Waals surface area contributed by atoms with Gasteiger partial charge in [-0.05, 0) is 29.6 Å². The second-order valence-corrected chi connectivity index (χ2v) is 8.69. The van der Waals surface area contributed by atoms with Gasteiger partial charge in [0.05, 0.1) is 16.8 Å². The summed E-state index contributed by atoms with van der Waals surface area (Å²) in [4.78, 5) is 23.2. The zero-order valence-corrected chi connectivity index (χ0v) is 17.0. The number of thiophene rings is 1. The monoisotopic (exact) mass is 444 g/mol. The molecule has 30 heavy (non-hydrogen) atoms. The minimum atomic E-state index is -4.41. The average Bonchev–Trinajstić information content (AvgIpc) is 3.26. The Morgan fingerprint density at radius 1 is 1.10 bits per heavy atom. The third-order valence-corrected chi connectivity index (χ3v) is 6.51. The van der Waals surface area contributed by atoms with Gasteiger partial charge in [-0.15, -0.1) is 11.3 Å². The summed E-state index contributed by atoms with van der Waals surface area (Å²) in [5.74, 6) is -0.700.